The quantitative estimate of drug-likeness (QED) is 0.378. The van der Waals surface area contributed by atoms with Crippen LogP contribution >= 0.6 is 15.9 Å². The standard InChI is InChI=1S/C20H27BrO2/c1-4-17(21)8-6-7-13-23-18-10-11-19-15(3)20(22-5-2)12-9-16(19)14-18/h9-12,14,17H,4-8,13H2,1-3H3. The molecule has 126 valence electrons. The molecule has 1 atom stereocenters. The molecule has 0 spiro atoms. The van der Waals surface area contributed by atoms with E-state index in [1.807, 2.05) is 13.0 Å². The Labute approximate surface area is 148 Å². The van der Waals surface area contributed by atoms with Gasteiger partial charge in [-0.05, 0) is 74.1 Å². The number of hydrogen-bond acceptors (Lipinski definition) is 2. The molecule has 0 aliphatic carbocycles. The normalized spacial score (nSPS) is 12.3. The highest BCUT2D eigenvalue weighted by molar-refractivity contribution is 9.09. The van der Waals surface area contributed by atoms with Crippen molar-refractivity contribution in [2.24, 2.45) is 0 Å². The van der Waals surface area contributed by atoms with Crippen molar-refractivity contribution in [1.29, 1.82) is 0 Å². The minimum Gasteiger partial charge on any atom is -0.494 e. The Morgan fingerprint density at radius 1 is 1.04 bits per heavy atom. The number of halogens is 1. The largest absolute Gasteiger partial charge is 0.494 e. The zero-order valence-electron chi connectivity index (χ0n) is 14.4. The van der Waals surface area contributed by atoms with Crippen molar-refractivity contribution in [2.45, 2.75) is 51.3 Å². The first-order chi connectivity index (χ1) is 11.2. The van der Waals surface area contributed by atoms with Crippen LogP contribution < -0.4 is 9.47 Å². The molecular formula is C20H27BrO2. The summed E-state index contributed by atoms with van der Waals surface area (Å²) in [6.07, 6.45) is 4.71. The van der Waals surface area contributed by atoms with Crippen molar-refractivity contribution in [3.8, 4) is 11.5 Å². The number of hydrogen-bond donors (Lipinski definition) is 0. The van der Waals surface area contributed by atoms with Crippen molar-refractivity contribution < 1.29 is 9.47 Å². The summed E-state index contributed by atoms with van der Waals surface area (Å²) >= 11 is 3.67. The van der Waals surface area contributed by atoms with Crippen molar-refractivity contribution in [1.82, 2.24) is 0 Å². The summed E-state index contributed by atoms with van der Waals surface area (Å²) in [7, 11) is 0. The Balaban J connectivity index is 1.94. The third-order valence-electron chi connectivity index (χ3n) is 4.13. The molecule has 0 radical (unpaired) electrons. The lowest BCUT2D eigenvalue weighted by Gasteiger charge is -2.12. The third-order valence-corrected chi connectivity index (χ3v) is 5.24. The van der Waals surface area contributed by atoms with Gasteiger partial charge in [0.1, 0.15) is 11.5 Å². The van der Waals surface area contributed by atoms with E-state index >= 15 is 0 Å². The van der Waals surface area contributed by atoms with Crippen molar-refractivity contribution in [3.05, 3.63) is 35.9 Å². The van der Waals surface area contributed by atoms with Crippen molar-refractivity contribution in [2.75, 3.05) is 13.2 Å². The third kappa shape index (κ3) is 5.13. The number of ether oxygens (including phenoxy) is 2. The number of unbranched alkanes of at least 4 members (excludes halogenated alkanes) is 1. The van der Waals surface area contributed by atoms with E-state index in [-0.39, 0.29) is 0 Å². The van der Waals surface area contributed by atoms with Crippen LogP contribution in [0.4, 0.5) is 0 Å². The minimum absolute atomic E-state index is 0.644. The van der Waals surface area contributed by atoms with Crippen LogP contribution in [-0.4, -0.2) is 18.0 Å². The molecule has 2 nitrogen and oxygen atoms in total. The Kier molecular flexibility index (Phi) is 7.22. The van der Waals surface area contributed by atoms with E-state index in [1.54, 1.807) is 0 Å². The van der Waals surface area contributed by atoms with Gasteiger partial charge in [0, 0.05) is 4.83 Å². The van der Waals surface area contributed by atoms with Gasteiger partial charge in [-0.25, -0.2) is 0 Å². The van der Waals surface area contributed by atoms with Crippen LogP contribution in [0.2, 0.25) is 0 Å². The predicted molar refractivity (Wildman–Crippen MR) is 102 cm³/mol. The van der Waals surface area contributed by atoms with Crippen LogP contribution in [-0.2, 0) is 0 Å². The van der Waals surface area contributed by atoms with Gasteiger partial charge in [0.05, 0.1) is 13.2 Å². The molecule has 2 aromatic rings. The zero-order valence-corrected chi connectivity index (χ0v) is 16.0. The fourth-order valence-corrected chi connectivity index (χ4v) is 3.03. The molecule has 23 heavy (non-hydrogen) atoms. The molecule has 1 unspecified atom stereocenters. The first-order valence-electron chi connectivity index (χ1n) is 8.58. The van der Waals surface area contributed by atoms with E-state index in [2.05, 4.69) is 54.0 Å². The second kappa shape index (κ2) is 9.17. The lowest BCUT2D eigenvalue weighted by Crippen LogP contribution is -2.00. The molecule has 0 aliphatic heterocycles. The van der Waals surface area contributed by atoms with E-state index in [0.29, 0.717) is 11.4 Å². The summed E-state index contributed by atoms with van der Waals surface area (Å²) in [4.78, 5) is 0.644. The minimum atomic E-state index is 0.644. The first kappa shape index (κ1) is 18.1. The molecule has 0 heterocycles. The molecule has 0 bridgehead atoms. The lowest BCUT2D eigenvalue weighted by molar-refractivity contribution is 0.305. The summed E-state index contributed by atoms with van der Waals surface area (Å²) < 4.78 is 11.6. The fourth-order valence-electron chi connectivity index (χ4n) is 2.71. The highest BCUT2D eigenvalue weighted by atomic mass is 79.9. The van der Waals surface area contributed by atoms with Crippen LogP contribution in [0.15, 0.2) is 30.3 Å². The molecular weight excluding hydrogens is 352 g/mol. The van der Waals surface area contributed by atoms with Gasteiger partial charge < -0.3 is 9.47 Å². The SMILES string of the molecule is CCOc1ccc2cc(OCCCCC(Br)CC)ccc2c1C. The monoisotopic (exact) mass is 378 g/mol. The van der Waals surface area contributed by atoms with Gasteiger partial charge in [-0.3, -0.25) is 0 Å². The molecule has 0 fully saturated rings. The summed E-state index contributed by atoms with van der Waals surface area (Å²) in [6.45, 7) is 7.81. The van der Waals surface area contributed by atoms with Crippen molar-refractivity contribution in [3.63, 3.8) is 0 Å². The van der Waals surface area contributed by atoms with Crippen LogP contribution in [0, 0.1) is 6.92 Å². The second-order valence-electron chi connectivity index (χ2n) is 5.85. The molecule has 0 amide bonds. The van der Waals surface area contributed by atoms with Crippen LogP contribution in [0.1, 0.15) is 45.1 Å². The molecule has 2 aromatic carbocycles. The summed E-state index contributed by atoms with van der Waals surface area (Å²) in [5.41, 5.74) is 1.19. The zero-order chi connectivity index (χ0) is 16.7. The van der Waals surface area contributed by atoms with Gasteiger partial charge in [0.2, 0.25) is 0 Å². The summed E-state index contributed by atoms with van der Waals surface area (Å²) in [5.74, 6) is 1.92. The predicted octanol–water partition coefficient (Wildman–Crippen LogP) is 6.27. The van der Waals surface area contributed by atoms with Gasteiger partial charge in [-0.15, -0.1) is 0 Å². The van der Waals surface area contributed by atoms with Gasteiger partial charge in [-0.1, -0.05) is 35.0 Å². The summed E-state index contributed by atoms with van der Waals surface area (Å²) in [5, 5.41) is 2.43. The number of alkyl halides is 1. The van der Waals surface area contributed by atoms with E-state index in [4.69, 9.17) is 9.47 Å². The van der Waals surface area contributed by atoms with Gasteiger partial charge in [0.15, 0.2) is 0 Å². The molecule has 2 rings (SSSR count). The fraction of sp³-hybridized carbons (Fsp3) is 0.500. The second-order valence-corrected chi connectivity index (χ2v) is 7.15. The number of fused-ring (bicyclic) bond motifs is 1. The molecule has 0 saturated heterocycles. The Hall–Kier alpha value is -1.22. The van der Waals surface area contributed by atoms with Gasteiger partial charge >= 0.3 is 0 Å². The van der Waals surface area contributed by atoms with E-state index < -0.39 is 0 Å². The average molecular weight is 379 g/mol. The van der Waals surface area contributed by atoms with Gasteiger partial charge in [-0.2, -0.15) is 0 Å². The summed E-state index contributed by atoms with van der Waals surface area (Å²) in [6, 6.07) is 10.5. The van der Waals surface area contributed by atoms with Gasteiger partial charge in [0.25, 0.3) is 0 Å². The number of aryl methyl sites for hydroxylation is 1. The molecule has 0 aliphatic rings. The topological polar surface area (TPSA) is 18.5 Å². The molecule has 3 heteroatoms. The van der Waals surface area contributed by atoms with E-state index in [9.17, 15) is 0 Å². The smallest absolute Gasteiger partial charge is 0.122 e. The highest BCUT2D eigenvalue weighted by Gasteiger charge is 2.06. The number of rotatable bonds is 9. The van der Waals surface area contributed by atoms with E-state index in [0.717, 1.165) is 24.5 Å². The Bertz CT molecular complexity index is 624. The Morgan fingerprint density at radius 3 is 2.61 bits per heavy atom. The van der Waals surface area contributed by atoms with E-state index in [1.165, 1.54) is 35.6 Å². The van der Waals surface area contributed by atoms with Crippen LogP contribution in [0.3, 0.4) is 0 Å². The van der Waals surface area contributed by atoms with Crippen molar-refractivity contribution >= 4 is 26.7 Å². The maximum absolute atomic E-state index is 5.90. The van der Waals surface area contributed by atoms with Crippen LogP contribution in [0.5, 0.6) is 11.5 Å². The highest BCUT2D eigenvalue weighted by Crippen LogP contribution is 2.30. The maximum Gasteiger partial charge on any atom is 0.122 e. The molecule has 0 saturated carbocycles. The number of benzene rings is 2. The van der Waals surface area contributed by atoms with Crippen LogP contribution in [0.25, 0.3) is 10.8 Å². The average Bonchev–Trinajstić information content (AvgIpc) is 2.57. The lowest BCUT2D eigenvalue weighted by atomic mass is 10.0. The molecule has 0 aromatic heterocycles. The maximum atomic E-state index is 5.90. The first-order valence-corrected chi connectivity index (χ1v) is 9.50. The Morgan fingerprint density at radius 2 is 1.87 bits per heavy atom. The molecule has 0 N–H and O–H groups in total.